The number of nitrogens with one attached hydrogen (secondary N) is 1. The van der Waals surface area contributed by atoms with Crippen molar-refractivity contribution in [2.75, 3.05) is 0 Å². The largest absolute Gasteiger partial charge is 0.330 e. The lowest BCUT2D eigenvalue weighted by molar-refractivity contribution is 0.0994. The number of fused-ring (bicyclic) bond motifs is 1. The monoisotopic (exact) mass is 436 g/mol. The van der Waals surface area contributed by atoms with Crippen LogP contribution in [0.15, 0.2) is 32.8 Å². The Hall–Kier alpha value is -2.74. The molecule has 0 amide bonds. The predicted molar refractivity (Wildman–Crippen MR) is 120 cm³/mol. The third kappa shape index (κ3) is 3.73. The molecular weight excluding hydrogens is 412 g/mol. The van der Waals surface area contributed by atoms with E-state index in [0.717, 1.165) is 36.8 Å². The maximum absolute atomic E-state index is 13.1. The zero-order valence-electron chi connectivity index (χ0n) is 17.8. The Labute approximate surface area is 183 Å². The number of aromatic amines is 1. The zero-order chi connectivity index (χ0) is 21.9. The van der Waals surface area contributed by atoms with E-state index in [4.69, 9.17) is 0 Å². The van der Waals surface area contributed by atoms with Gasteiger partial charge in [0.1, 0.15) is 16.2 Å². The van der Waals surface area contributed by atoms with E-state index < -0.39 is 16.5 Å². The van der Waals surface area contributed by atoms with E-state index in [9.17, 15) is 14.4 Å². The first-order valence-corrected chi connectivity index (χ1v) is 11.6. The smallest absolute Gasteiger partial charge is 0.293 e. The fraction of sp³-hybridized carbons (Fsp3) is 0.435. The van der Waals surface area contributed by atoms with Gasteiger partial charge in [0.25, 0.3) is 5.56 Å². The van der Waals surface area contributed by atoms with Gasteiger partial charge in [-0.25, -0.2) is 14.8 Å². The number of hydrogen-bond acceptors (Lipinski definition) is 6. The number of H-pyrrole nitrogens is 1. The van der Waals surface area contributed by atoms with Crippen LogP contribution < -0.4 is 11.2 Å². The van der Waals surface area contributed by atoms with Gasteiger partial charge in [-0.05, 0) is 63.6 Å². The summed E-state index contributed by atoms with van der Waals surface area (Å²) in [5.41, 5.74) is 2.34. The second-order valence-corrected chi connectivity index (χ2v) is 9.97. The minimum Gasteiger partial charge on any atom is -0.293 e. The van der Waals surface area contributed by atoms with Crippen molar-refractivity contribution < 1.29 is 4.79 Å². The molecule has 0 saturated heterocycles. The summed E-state index contributed by atoms with van der Waals surface area (Å²) in [7, 11) is 0. The number of hydrogen-bond donors (Lipinski definition) is 1. The van der Waals surface area contributed by atoms with Crippen molar-refractivity contribution in [2.45, 2.75) is 68.7 Å². The number of thioether (sulfide) groups is 1. The van der Waals surface area contributed by atoms with Crippen LogP contribution in [-0.4, -0.2) is 30.6 Å². The molecule has 0 spiro atoms. The molecule has 7 nitrogen and oxygen atoms in total. The molecule has 0 bridgehead atoms. The van der Waals surface area contributed by atoms with Crippen molar-refractivity contribution in [3.63, 3.8) is 0 Å². The highest BCUT2D eigenvalue weighted by Crippen LogP contribution is 2.41. The molecule has 2 fully saturated rings. The summed E-state index contributed by atoms with van der Waals surface area (Å²) in [6.07, 6.45) is 3.80. The molecule has 1 atom stereocenters. The zero-order valence-corrected chi connectivity index (χ0v) is 18.6. The van der Waals surface area contributed by atoms with Gasteiger partial charge in [-0.1, -0.05) is 23.9 Å². The SMILES string of the molecule is Cc1ccc(C(=O)C(C)Sc2nc(C3CC3)nc3c2c(=O)[nH]c(=O)n3C2CC2)cc1C. The molecule has 2 heterocycles. The number of aromatic nitrogens is 4. The lowest BCUT2D eigenvalue weighted by Gasteiger charge is -2.15. The Bertz CT molecular complexity index is 1340. The summed E-state index contributed by atoms with van der Waals surface area (Å²) < 4.78 is 1.60. The average molecular weight is 437 g/mol. The van der Waals surface area contributed by atoms with Gasteiger partial charge in [0.05, 0.1) is 5.25 Å². The topological polar surface area (TPSA) is 97.7 Å². The van der Waals surface area contributed by atoms with Crippen LogP contribution in [0.25, 0.3) is 11.0 Å². The number of ketones is 1. The van der Waals surface area contributed by atoms with Gasteiger partial charge in [0, 0.05) is 17.5 Å². The van der Waals surface area contributed by atoms with Crippen LogP contribution in [0.5, 0.6) is 0 Å². The van der Waals surface area contributed by atoms with Crippen LogP contribution in [0.1, 0.15) is 71.9 Å². The van der Waals surface area contributed by atoms with Gasteiger partial charge < -0.3 is 0 Å². The summed E-state index contributed by atoms with van der Waals surface area (Å²) in [5, 5.41) is 0.348. The molecule has 3 aromatic rings. The van der Waals surface area contributed by atoms with Crippen molar-refractivity contribution in [2.24, 2.45) is 0 Å². The Morgan fingerprint density at radius 3 is 2.52 bits per heavy atom. The highest BCUT2D eigenvalue weighted by Gasteiger charge is 2.33. The molecule has 2 saturated carbocycles. The fourth-order valence-corrected chi connectivity index (χ4v) is 4.79. The van der Waals surface area contributed by atoms with E-state index in [2.05, 4.69) is 15.0 Å². The van der Waals surface area contributed by atoms with E-state index in [0.29, 0.717) is 27.4 Å². The molecule has 0 aliphatic heterocycles. The third-order valence-corrected chi connectivity index (χ3v) is 7.16. The molecule has 1 aromatic carbocycles. The minimum absolute atomic E-state index is 0.0141. The molecule has 5 rings (SSSR count). The molecule has 2 aliphatic rings. The number of Topliss-reactive ketones (excluding diaryl/α,β-unsaturated/α-hetero) is 1. The number of carbonyl (C=O) groups is 1. The van der Waals surface area contributed by atoms with Crippen molar-refractivity contribution in [3.8, 4) is 0 Å². The number of aryl methyl sites for hydroxylation is 2. The first-order valence-electron chi connectivity index (χ1n) is 10.7. The van der Waals surface area contributed by atoms with Crippen molar-refractivity contribution in [3.05, 3.63) is 61.6 Å². The second kappa shape index (κ2) is 7.44. The van der Waals surface area contributed by atoms with Gasteiger partial charge in [-0.3, -0.25) is 19.1 Å². The number of rotatable bonds is 6. The highest BCUT2D eigenvalue weighted by atomic mass is 32.2. The predicted octanol–water partition coefficient (Wildman–Crippen LogP) is 3.67. The maximum atomic E-state index is 13.1. The van der Waals surface area contributed by atoms with Crippen LogP contribution in [0, 0.1) is 13.8 Å². The van der Waals surface area contributed by atoms with E-state index in [1.807, 2.05) is 39.0 Å². The van der Waals surface area contributed by atoms with Crippen LogP contribution in [0.4, 0.5) is 0 Å². The summed E-state index contributed by atoms with van der Waals surface area (Å²) in [5.74, 6) is 0.913. The van der Waals surface area contributed by atoms with Gasteiger partial charge >= 0.3 is 5.69 Å². The van der Waals surface area contributed by atoms with Crippen molar-refractivity contribution in [1.29, 1.82) is 0 Å². The highest BCUT2D eigenvalue weighted by molar-refractivity contribution is 8.00. The Morgan fingerprint density at radius 2 is 1.87 bits per heavy atom. The van der Waals surface area contributed by atoms with Crippen molar-refractivity contribution in [1.82, 2.24) is 19.5 Å². The summed E-state index contributed by atoms with van der Waals surface area (Å²) in [6, 6.07) is 5.76. The lowest BCUT2D eigenvalue weighted by Crippen LogP contribution is -2.31. The quantitative estimate of drug-likeness (QED) is 0.360. The molecule has 0 radical (unpaired) electrons. The van der Waals surface area contributed by atoms with Crippen molar-refractivity contribution >= 4 is 28.6 Å². The lowest BCUT2D eigenvalue weighted by atomic mass is 10.0. The van der Waals surface area contributed by atoms with Crippen LogP contribution in [0.2, 0.25) is 0 Å². The molecular formula is C23H24N4O3S. The molecule has 2 aromatic heterocycles. The van der Waals surface area contributed by atoms with Gasteiger partial charge in [0.2, 0.25) is 0 Å². The summed E-state index contributed by atoms with van der Waals surface area (Å²) in [6.45, 7) is 5.83. The Kier molecular flexibility index (Phi) is 4.84. The third-order valence-electron chi connectivity index (χ3n) is 6.07. The van der Waals surface area contributed by atoms with E-state index in [1.54, 1.807) is 4.57 Å². The second-order valence-electron chi connectivity index (χ2n) is 8.64. The minimum atomic E-state index is -0.493. The fourth-order valence-electron chi connectivity index (χ4n) is 3.77. The maximum Gasteiger partial charge on any atom is 0.330 e. The van der Waals surface area contributed by atoms with Crippen LogP contribution in [0.3, 0.4) is 0 Å². The molecule has 1 N–H and O–H groups in total. The Morgan fingerprint density at radius 1 is 1.13 bits per heavy atom. The average Bonchev–Trinajstić information content (AvgIpc) is 3.61. The van der Waals surface area contributed by atoms with Gasteiger partial charge in [0.15, 0.2) is 11.4 Å². The first-order chi connectivity index (χ1) is 14.8. The molecule has 8 heteroatoms. The summed E-state index contributed by atoms with van der Waals surface area (Å²) >= 11 is 1.27. The normalized spacial score (nSPS) is 17.1. The summed E-state index contributed by atoms with van der Waals surface area (Å²) in [4.78, 5) is 50.1. The van der Waals surface area contributed by atoms with Gasteiger partial charge in [-0.15, -0.1) is 0 Å². The number of carbonyl (C=O) groups excluding carboxylic acids is 1. The molecule has 160 valence electrons. The molecule has 1 unspecified atom stereocenters. The number of nitrogens with zero attached hydrogens (tertiary/aromatic N) is 3. The first kappa shape index (κ1) is 20.2. The molecule has 2 aliphatic carbocycles. The van der Waals surface area contributed by atoms with Gasteiger partial charge in [-0.2, -0.15) is 0 Å². The van der Waals surface area contributed by atoms with E-state index in [1.165, 1.54) is 11.8 Å². The van der Waals surface area contributed by atoms with Crippen LogP contribution in [-0.2, 0) is 0 Å². The standard InChI is InChI=1S/C23H24N4O3S/c1-11-4-5-15(10-12(11)2)18(28)13(3)31-22-17-20(24-19(25-22)14-6-7-14)27(16-8-9-16)23(30)26-21(17)29/h4-5,10,13-14,16H,6-9H2,1-3H3,(H,26,29,30). The van der Waals surface area contributed by atoms with Crippen LogP contribution >= 0.6 is 11.8 Å². The van der Waals surface area contributed by atoms with E-state index in [-0.39, 0.29) is 17.7 Å². The number of benzene rings is 1. The van der Waals surface area contributed by atoms with E-state index >= 15 is 0 Å². The molecule has 31 heavy (non-hydrogen) atoms. The Balaban J connectivity index is 1.59.